The molecule has 0 spiro atoms. The van der Waals surface area contributed by atoms with E-state index in [-0.39, 0.29) is 0 Å². The lowest BCUT2D eigenvalue weighted by atomic mass is 10.2. The van der Waals surface area contributed by atoms with Crippen LogP contribution in [0.3, 0.4) is 0 Å². The van der Waals surface area contributed by atoms with Gasteiger partial charge in [-0.3, -0.25) is 4.21 Å². The second-order valence-electron chi connectivity index (χ2n) is 4.67. The van der Waals surface area contributed by atoms with Gasteiger partial charge in [-0.25, -0.2) is 0 Å². The molecule has 0 fully saturated rings. The minimum Gasteiger partial charge on any atom is -0.497 e. The quantitative estimate of drug-likeness (QED) is 0.376. The van der Waals surface area contributed by atoms with Crippen molar-refractivity contribution >= 4 is 55.6 Å². The fourth-order valence-electron chi connectivity index (χ4n) is 1.76. The van der Waals surface area contributed by atoms with Crippen molar-refractivity contribution in [2.24, 2.45) is 0 Å². The van der Waals surface area contributed by atoms with Crippen LogP contribution in [0.4, 0.5) is 0 Å². The Labute approximate surface area is 162 Å². The highest BCUT2D eigenvalue weighted by Crippen LogP contribution is 2.30. The molecule has 2 aromatic rings. The molecule has 7 heteroatoms. The van der Waals surface area contributed by atoms with Crippen LogP contribution in [0.25, 0.3) is 0 Å². The molecule has 1 unspecified atom stereocenters. The number of halogens is 2. The highest BCUT2D eigenvalue weighted by molar-refractivity contribution is 8.77. The predicted molar refractivity (Wildman–Crippen MR) is 109 cm³/mol. The zero-order valence-corrected chi connectivity index (χ0v) is 16.9. The van der Waals surface area contributed by atoms with Gasteiger partial charge in [-0.1, -0.05) is 56.9 Å². The Morgan fingerprint density at radius 2 is 1.88 bits per heavy atom. The molecule has 0 aliphatic carbocycles. The largest absolute Gasteiger partial charge is 0.497 e. The van der Waals surface area contributed by atoms with Gasteiger partial charge in [0.05, 0.1) is 28.0 Å². The van der Waals surface area contributed by atoms with Crippen LogP contribution >= 0.6 is 44.8 Å². The summed E-state index contributed by atoms with van der Waals surface area (Å²) in [6, 6.07) is 12.9. The average molecular weight is 419 g/mol. The molecular weight excluding hydrogens is 403 g/mol. The van der Waals surface area contributed by atoms with Crippen LogP contribution in [0.1, 0.15) is 5.56 Å². The van der Waals surface area contributed by atoms with E-state index in [9.17, 15) is 4.21 Å². The van der Waals surface area contributed by atoms with E-state index >= 15 is 0 Å². The molecule has 0 saturated heterocycles. The number of hydrogen-bond donors (Lipinski definition) is 0. The molecular formula is C17H16Cl2O2S3. The summed E-state index contributed by atoms with van der Waals surface area (Å²) in [7, 11) is 3.87. The summed E-state index contributed by atoms with van der Waals surface area (Å²) in [6.07, 6.45) is 1.92. The molecule has 0 aliphatic heterocycles. The van der Waals surface area contributed by atoms with Crippen LogP contribution in [0, 0.1) is 0 Å². The highest BCUT2D eigenvalue weighted by Gasteiger charge is 2.02. The van der Waals surface area contributed by atoms with Gasteiger partial charge in [0, 0.05) is 16.4 Å². The monoisotopic (exact) mass is 418 g/mol. The van der Waals surface area contributed by atoms with Crippen molar-refractivity contribution in [3.8, 4) is 5.75 Å². The van der Waals surface area contributed by atoms with Crippen molar-refractivity contribution in [2.45, 2.75) is 10.6 Å². The maximum absolute atomic E-state index is 12.1. The topological polar surface area (TPSA) is 26.3 Å². The van der Waals surface area contributed by atoms with E-state index in [1.54, 1.807) is 34.8 Å². The Balaban J connectivity index is 1.71. The van der Waals surface area contributed by atoms with Crippen molar-refractivity contribution in [1.29, 1.82) is 0 Å². The third-order valence-electron chi connectivity index (χ3n) is 3.00. The maximum atomic E-state index is 12.1. The summed E-state index contributed by atoms with van der Waals surface area (Å²) in [6.45, 7) is 0. The van der Waals surface area contributed by atoms with Gasteiger partial charge in [0.2, 0.25) is 0 Å². The minimum absolute atomic E-state index is 0.493. The van der Waals surface area contributed by atoms with Crippen LogP contribution in [0.2, 0.25) is 10.0 Å². The molecule has 0 bridgehead atoms. The van der Waals surface area contributed by atoms with E-state index in [0.717, 1.165) is 22.0 Å². The summed E-state index contributed by atoms with van der Waals surface area (Å²) in [5.41, 5.74) is 1.12. The Morgan fingerprint density at radius 3 is 2.54 bits per heavy atom. The first-order valence-corrected chi connectivity index (χ1v) is 11.5. The first kappa shape index (κ1) is 19.7. The van der Waals surface area contributed by atoms with E-state index in [1.165, 1.54) is 0 Å². The van der Waals surface area contributed by atoms with Gasteiger partial charge in [-0.2, -0.15) is 0 Å². The van der Waals surface area contributed by atoms with Crippen LogP contribution in [0.15, 0.2) is 58.8 Å². The fourth-order valence-corrected chi connectivity index (χ4v) is 4.83. The second-order valence-corrected chi connectivity index (χ2v) is 9.25. The zero-order chi connectivity index (χ0) is 17.4. The molecule has 24 heavy (non-hydrogen) atoms. The lowest BCUT2D eigenvalue weighted by Crippen LogP contribution is -1.94. The van der Waals surface area contributed by atoms with Crippen LogP contribution < -0.4 is 4.74 Å². The lowest BCUT2D eigenvalue weighted by molar-refractivity contribution is 0.414. The number of rotatable bonds is 8. The third kappa shape index (κ3) is 6.37. The van der Waals surface area contributed by atoms with Gasteiger partial charge < -0.3 is 4.74 Å². The number of benzene rings is 2. The van der Waals surface area contributed by atoms with Crippen LogP contribution in [-0.4, -0.2) is 17.1 Å². The summed E-state index contributed by atoms with van der Waals surface area (Å²) < 4.78 is 17.2. The summed E-state index contributed by atoms with van der Waals surface area (Å²) in [5.74, 6) is 2.08. The zero-order valence-electron chi connectivity index (χ0n) is 12.9. The first-order chi connectivity index (χ1) is 11.6. The smallest absolute Gasteiger partial charge is 0.118 e. The molecule has 0 radical (unpaired) electrons. The van der Waals surface area contributed by atoms with E-state index in [2.05, 4.69) is 0 Å². The van der Waals surface area contributed by atoms with Gasteiger partial charge >= 0.3 is 0 Å². The standard InChI is InChI=1S/C17H16Cl2O2S3/c1-21-14-4-6-15(7-5-14)24(20)10-2-9-22-23-12-13-3-8-16(18)17(19)11-13/h2-9,11H,10,12H2,1H3/b9-2-. The molecule has 0 saturated carbocycles. The van der Waals surface area contributed by atoms with Crippen molar-refractivity contribution in [3.05, 3.63) is 69.6 Å². The molecule has 1 atom stereocenters. The van der Waals surface area contributed by atoms with Gasteiger partial charge in [-0.05, 0) is 47.4 Å². The molecule has 2 nitrogen and oxygen atoms in total. The Morgan fingerprint density at radius 1 is 1.12 bits per heavy atom. The molecule has 0 amide bonds. The molecule has 2 rings (SSSR count). The van der Waals surface area contributed by atoms with Gasteiger partial charge in [-0.15, -0.1) is 0 Å². The Hall–Kier alpha value is -0.590. The molecule has 0 aromatic heterocycles. The average Bonchev–Trinajstić information content (AvgIpc) is 2.60. The molecule has 2 aromatic carbocycles. The summed E-state index contributed by atoms with van der Waals surface area (Å²) >= 11 is 11.9. The van der Waals surface area contributed by atoms with E-state index < -0.39 is 10.8 Å². The Kier molecular flexibility index (Phi) is 8.56. The normalized spacial score (nSPS) is 12.5. The SMILES string of the molecule is COc1ccc(S(=O)C/C=C\SSCc2ccc(Cl)c(Cl)c2)cc1. The van der Waals surface area contributed by atoms with Crippen LogP contribution in [-0.2, 0) is 16.6 Å². The second kappa shape index (κ2) is 10.4. The van der Waals surface area contributed by atoms with Crippen molar-refractivity contribution in [3.63, 3.8) is 0 Å². The molecule has 0 aliphatic rings. The van der Waals surface area contributed by atoms with Gasteiger partial charge in [0.25, 0.3) is 0 Å². The van der Waals surface area contributed by atoms with Gasteiger partial charge in [0.15, 0.2) is 0 Å². The van der Waals surface area contributed by atoms with Crippen molar-refractivity contribution in [1.82, 2.24) is 0 Å². The fraction of sp³-hybridized carbons (Fsp3) is 0.176. The number of ether oxygens (including phenoxy) is 1. The van der Waals surface area contributed by atoms with Crippen LogP contribution in [0.5, 0.6) is 5.75 Å². The van der Waals surface area contributed by atoms with Gasteiger partial charge in [0.1, 0.15) is 5.75 Å². The minimum atomic E-state index is -1.04. The highest BCUT2D eigenvalue weighted by atomic mass is 35.5. The molecule has 0 N–H and O–H groups in total. The van der Waals surface area contributed by atoms with E-state index in [1.807, 2.05) is 47.9 Å². The molecule has 128 valence electrons. The number of hydrogen-bond acceptors (Lipinski definition) is 4. The molecule has 0 heterocycles. The third-order valence-corrected chi connectivity index (χ3v) is 7.02. The van der Waals surface area contributed by atoms with E-state index in [0.29, 0.717) is 15.8 Å². The van der Waals surface area contributed by atoms with Crippen molar-refractivity contribution in [2.75, 3.05) is 12.9 Å². The number of methoxy groups -OCH3 is 1. The van der Waals surface area contributed by atoms with Crippen molar-refractivity contribution < 1.29 is 8.95 Å². The lowest BCUT2D eigenvalue weighted by Gasteiger charge is -2.02. The Bertz CT molecular complexity index is 718. The van der Waals surface area contributed by atoms with E-state index in [4.69, 9.17) is 27.9 Å². The predicted octanol–water partition coefficient (Wildman–Crippen LogP) is 6.20. The first-order valence-electron chi connectivity index (χ1n) is 7.00. The summed E-state index contributed by atoms with van der Waals surface area (Å²) in [5, 5.41) is 3.10. The summed E-state index contributed by atoms with van der Waals surface area (Å²) in [4.78, 5) is 0.800. The maximum Gasteiger partial charge on any atom is 0.118 e.